The van der Waals surface area contributed by atoms with Gasteiger partial charge in [0.25, 0.3) is 0 Å². The van der Waals surface area contributed by atoms with Crippen LogP contribution in [0.25, 0.3) is 0 Å². The van der Waals surface area contributed by atoms with E-state index in [-0.39, 0.29) is 11.6 Å². The van der Waals surface area contributed by atoms with Gasteiger partial charge in [-0.1, -0.05) is 0 Å². The fourth-order valence-corrected chi connectivity index (χ4v) is 5.69. The van der Waals surface area contributed by atoms with Crippen LogP contribution in [0.4, 0.5) is 0 Å². The van der Waals surface area contributed by atoms with Gasteiger partial charge in [0.1, 0.15) is 5.60 Å². The molecule has 20 heavy (non-hydrogen) atoms. The van der Waals surface area contributed by atoms with Crippen LogP contribution >= 0.6 is 0 Å². The van der Waals surface area contributed by atoms with Crippen molar-refractivity contribution in [2.24, 2.45) is 23.7 Å². The van der Waals surface area contributed by atoms with Crippen LogP contribution in [-0.2, 0) is 9.53 Å². The summed E-state index contributed by atoms with van der Waals surface area (Å²) < 4.78 is 6.10. The van der Waals surface area contributed by atoms with Gasteiger partial charge in [-0.2, -0.15) is 0 Å². The molecule has 3 heteroatoms. The van der Waals surface area contributed by atoms with E-state index in [1.54, 1.807) is 0 Å². The second kappa shape index (κ2) is 4.72. The summed E-state index contributed by atoms with van der Waals surface area (Å²) in [4.78, 5) is 14.6. The van der Waals surface area contributed by atoms with Crippen molar-refractivity contribution in [2.75, 3.05) is 19.6 Å². The molecule has 4 bridgehead atoms. The highest BCUT2D eigenvalue weighted by atomic mass is 16.6. The number of nitrogens with zero attached hydrogens (tertiary/aromatic N) is 1. The summed E-state index contributed by atoms with van der Waals surface area (Å²) in [5.41, 5.74) is -0.149. The van der Waals surface area contributed by atoms with Crippen LogP contribution in [-0.4, -0.2) is 36.1 Å². The van der Waals surface area contributed by atoms with Crippen molar-refractivity contribution in [3.63, 3.8) is 0 Å². The molecule has 5 rings (SSSR count). The highest BCUT2D eigenvalue weighted by molar-refractivity contribution is 5.72. The van der Waals surface area contributed by atoms with Crippen molar-refractivity contribution in [1.82, 2.24) is 4.90 Å². The third-order valence-corrected chi connectivity index (χ3v) is 6.64. The molecule has 4 saturated carbocycles. The lowest BCUT2D eigenvalue weighted by molar-refractivity contribution is -0.203. The molecule has 1 aliphatic heterocycles. The van der Waals surface area contributed by atoms with E-state index in [0.717, 1.165) is 24.9 Å². The molecule has 0 radical (unpaired) electrons. The Kier molecular flexibility index (Phi) is 3.10. The molecule has 0 aromatic heterocycles. The van der Waals surface area contributed by atoms with Crippen molar-refractivity contribution in [3.8, 4) is 0 Å². The van der Waals surface area contributed by atoms with Crippen molar-refractivity contribution < 1.29 is 9.53 Å². The van der Waals surface area contributed by atoms with E-state index in [1.807, 2.05) is 0 Å². The lowest BCUT2D eigenvalue weighted by atomic mass is 9.50. The molecule has 0 aromatic carbocycles. The van der Waals surface area contributed by atoms with Gasteiger partial charge in [0.05, 0.1) is 6.54 Å². The zero-order valence-electron chi connectivity index (χ0n) is 12.6. The average molecular weight is 277 g/mol. The Labute approximate surface area is 122 Å². The third kappa shape index (κ3) is 2.09. The molecule has 0 amide bonds. The van der Waals surface area contributed by atoms with E-state index in [2.05, 4.69) is 11.8 Å². The fourth-order valence-electron chi connectivity index (χ4n) is 5.69. The van der Waals surface area contributed by atoms with E-state index < -0.39 is 0 Å². The number of carbonyl (C=O) groups excluding carboxylic acids is 1. The second-order valence-electron chi connectivity index (χ2n) is 7.95. The Morgan fingerprint density at radius 3 is 2.15 bits per heavy atom. The molecule has 3 nitrogen and oxygen atoms in total. The van der Waals surface area contributed by atoms with Gasteiger partial charge < -0.3 is 4.74 Å². The van der Waals surface area contributed by atoms with Crippen LogP contribution in [0.15, 0.2) is 0 Å². The molecule has 0 unspecified atom stereocenters. The quantitative estimate of drug-likeness (QED) is 0.743. The number of esters is 1. The SMILES string of the molecule is CC1(OC(=O)CN2CCCC2)C2CC3CC(C2)CC1C3. The molecule has 0 aromatic rings. The first-order chi connectivity index (χ1) is 9.63. The van der Waals surface area contributed by atoms with Crippen LogP contribution < -0.4 is 0 Å². The van der Waals surface area contributed by atoms with E-state index in [9.17, 15) is 4.79 Å². The molecule has 0 N–H and O–H groups in total. The van der Waals surface area contributed by atoms with Crippen LogP contribution in [0.2, 0.25) is 0 Å². The van der Waals surface area contributed by atoms with Crippen molar-refractivity contribution >= 4 is 5.97 Å². The first-order valence-electron chi connectivity index (χ1n) is 8.57. The Bertz CT molecular complexity index is 372. The standard InChI is InChI=1S/C17H27NO2/c1-17(20-16(19)11-18-4-2-3-5-18)14-7-12-6-13(9-14)10-15(17)8-12/h12-15H,2-11H2,1H3. The Morgan fingerprint density at radius 2 is 1.60 bits per heavy atom. The molecule has 0 atom stereocenters. The summed E-state index contributed by atoms with van der Waals surface area (Å²) in [5, 5.41) is 0. The molecular formula is C17H27NO2. The minimum absolute atomic E-state index is 0.0295. The summed E-state index contributed by atoms with van der Waals surface area (Å²) in [5.74, 6) is 3.18. The molecule has 1 saturated heterocycles. The first kappa shape index (κ1) is 13.1. The smallest absolute Gasteiger partial charge is 0.320 e. The highest BCUT2D eigenvalue weighted by Crippen LogP contribution is 2.59. The number of likely N-dealkylation sites (tertiary alicyclic amines) is 1. The van der Waals surface area contributed by atoms with E-state index in [1.165, 1.54) is 44.9 Å². The minimum atomic E-state index is -0.149. The predicted molar refractivity (Wildman–Crippen MR) is 77.2 cm³/mol. The lowest BCUT2D eigenvalue weighted by Crippen LogP contribution is -2.58. The number of hydrogen-bond donors (Lipinski definition) is 0. The molecule has 112 valence electrons. The summed E-state index contributed by atoms with van der Waals surface area (Å²) >= 11 is 0. The maximum atomic E-state index is 12.3. The van der Waals surface area contributed by atoms with Crippen LogP contribution in [0, 0.1) is 23.7 Å². The average Bonchev–Trinajstić information content (AvgIpc) is 2.88. The van der Waals surface area contributed by atoms with Crippen molar-refractivity contribution in [3.05, 3.63) is 0 Å². The van der Waals surface area contributed by atoms with Gasteiger partial charge in [-0.3, -0.25) is 9.69 Å². The lowest BCUT2D eigenvalue weighted by Gasteiger charge is -2.59. The molecule has 1 heterocycles. The second-order valence-corrected chi connectivity index (χ2v) is 7.95. The highest BCUT2D eigenvalue weighted by Gasteiger charge is 2.57. The van der Waals surface area contributed by atoms with Gasteiger partial charge in [0, 0.05) is 0 Å². The molecule has 5 aliphatic rings. The van der Waals surface area contributed by atoms with E-state index >= 15 is 0 Å². The summed E-state index contributed by atoms with van der Waals surface area (Å²) in [6.45, 7) is 4.90. The maximum Gasteiger partial charge on any atom is 0.320 e. The van der Waals surface area contributed by atoms with Crippen LogP contribution in [0.5, 0.6) is 0 Å². The van der Waals surface area contributed by atoms with Gasteiger partial charge in [-0.15, -0.1) is 0 Å². The number of rotatable bonds is 3. The third-order valence-electron chi connectivity index (χ3n) is 6.64. The van der Waals surface area contributed by atoms with Gasteiger partial charge in [0.2, 0.25) is 0 Å². The van der Waals surface area contributed by atoms with Gasteiger partial charge in [-0.05, 0) is 88.6 Å². The van der Waals surface area contributed by atoms with Crippen LogP contribution in [0.1, 0.15) is 51.9 Å². The van der Waals surface area contributed by atoms with Gasteiger partial charge >= 0.3 is 5.97 Å². The molecular weight excluding hydrogens is 250 g/mol. The zero-order chi connectivity index (χ0) is 13.7. The predicted octanol–water partition coefficient (Wildman–Crippen LogP) is 2.84. The van der Waals surface area contributed by atoms with E-state index in [0.29, 0.717) is 18.4 Å². The van der Waals surface area contributed by atoms with Gasteiger partial charge in [-0.25, -0.2) is 0 Å². The fraction of sp³-hybridized carbons (Fsp3) is 0.941. The van der Waals surface area contributed by atoms with Gasteiger partial charge in [0.15, 0.2) is 0 Å². The zero-order valence-corrected chi connectivity index (χ0v) is 12.6. The molecule has 0 spiro atoms. The number of carbonyl (C=O) groups is 1. The Hall–Kier alpha value is -0.570. The summed E-state index contributed by atoms with van der Waals surface area (Å²) in [6, 6.07) is 0. The topological polar surface area (TPSA) is 29.5 Å². The largest absolute Gasteiger partial charge is 0.458 e. The first-order valence-corrected chi connectivity index (χ1v) is 8.57. The minimum Gasteiger partial charge on any atom is -0.458 e. The molecule has 4 aliphatic carbocycles. The Morgan fingerprint density at radius 1 is 1.05 bits per heavy atom. The van der Waals surface area contributed by atoms with Crippen molar-refractivity contribution in [1.29, 1.82) is 0 Å². The number of ether oxygens (including phenoxy) is 1. The Balaban J connectivity index is 1.43. The van der Waals surface area contributed by atoms with E-state index in [4.69, 9.17) is 4.74 Å². The monoisotopic (exact) mass is 277 g/mol. The van der Waals surface area contributed by atoms with Crippen LogP contribution in [0.3, 0.4) is 0 Å². The maximum absolute atomic E-state index is 12.3. The number of hydrogen-bond acceptors (Lipinski definition) is 3. The molecule has 5 fully saturated rings. The summed E-state index contributed by atoms with van der Waals surface area (Å²) in [7, 11) is 0. The van der Waals surface area contributed by atoms with Crippen molar-refractivity contribution in [2.45, 2.75) is 57.5 Å². The normalized spacial score (nSPS) is 46.9. The summed E-state index contributed by atoms with van der Waals surface area (Å²) in [6.07, 6.45) is 9.14.